The van der Waals surface area contributed by atoms with E-state index in [1.807, 2.05) is 0 Å². The third-order valence-corrected chi connectivity index (χ3v) is 12.6. The second kappa shape index (κ2) is 35.0. The van der Waals surface area contributed by atoms with Crippen molar-refractivity contribution in [3.63, 3.8) is 0 Å². The number of nitrogens with two attached hydrogens (primary N) is 7. The van der Waals surface area contributed by atoms with Crippen LogP contribution in [-0.4, -0.2) is 168 Å². The lowest BCUT2D eigenvalue weighted by atomic mass is 9.93. The van der Waals surface area contributed by atoms with Crippen LogP contribution in [0.3, 0.4) is 0 Å². The van der Waals surface area contributed by atoms with Crippen molar-refractivity contribution in [2.24, 2.45) is 51.0 Å². The summed E-state index contributed by atoms with van der Waals surface area (Å²) in [5.74, 6) is -8.91. The highest BCUT2D eigenvalue weighted by Gasteiger charge is 2.40. The van der Waals surface area contributed by atoms with Crippen LogP contribution < -0.4 is 72.0 Å². The van der Waals surface area contributed by atoms with Crippen LogP contribution in [0.1, 0.15) is 102 Å². The zero-order valence-electron chi connectivity index (χ0n) is 42.9. The number of hydrogen-bond acceptors (Lipinski definition) is 16. The molecule has 1 aromatic carbocycles. The molecule has 1 aromatic rings. The average molecular weight is 1060 g/mol. The summed E-state index contributed by atoms with van der Waals surface area (Å²) < 4.78 is 15.1. The number of guanidine groups is 1. The predicted octanol–water partition coefficient (Wildman–Crippen LogP) is -4.33. The lowest BCUT2D eigenvalue weighted by Gasteiger charge is -2.30. The number of carboxylic acids is 1. The fourth-order valence-electron chi connectivity index (χ4n) is 8.26. The van der Waals surface area contributed by atoms with Gasteiger partial charge in [-0.15, -0.1) is 0 Å². The normalized spacial score (nSPS) is 16.4. The molecule has 2 rings (SSSR count). The van der Waals surface area contributed by atoms with Crippen molar-refractivity contribution in [3.8, 4) is 0 Å². The zero-order valence-corrected chi connectivity index (χ0v) is 42.9. The van der Waals surface area contributed by atoms with E-state index < -0.39 is 126 Å². The molecule has 1 heterocycles. The summed E-state index contributed by atoms with van der Waals surface area (Å²) in [7, 11) is 0. The summed E-state index contributed by atoms with van der Waals surface area (Å²) in [6, 6.07) is -3.25. The van der Waals surface area contributed by atoms with Gasteiger partial charge < -0.3 is 87.1 Å². The number of halogens is 1. The Bertz CT molecular complexity index is 2070. The minimum absolute atomic E-state index is 0.0304. The summed E-state index contributed by atoms with van der Waals surface area (Å²) in [6.45, 7) is 1.29. The molecule has 0 bridgehead atoms. The smallest absolute Gasteiger partial charge is 0.306 e. The van der Waals surface area contributed by atoms with Gasteiger partial charge in [-0.1, -0.05) is 24.6 Å². The van der Waals surface area contributed by atoms with Crippen LogP contribution in [0.2, 0.25) is 0 Å². The molecule has 27 heteroatoms. The highest BCUT2D eigenvalue weighted by atomic mass is 19.1. The number of carbonyl (C=O) groups excluding carboxylic acids is 8. The number of benzene rings is 1. The Morgan fingerprint density at radius 3 is 2.03 bits per heavy atom. The number of amides is 7. The van der Waals surface area contributed by atoms with Gasteiger partial charge in [0, 0.05) is 32.5 Å². The number of likely N-dealkylation sites (tertiary alicyclic amines) is 1. The number of ketones is 1. The summed E-state index contributed by atoms with van der Waals surface area (Å²) >= 11 is 0. The Hall–Kier alpha value is -6.39. The summed E-state index contributed by atoms with van der Waals surface area (Å²) in [4.78, 5) is 126. The van der Waals surface area contributed by atoms with Crippen molar-refractivity contribution in [3.05, 3.63) is 35.6 Å². The van der Waals surface area contributed by atoms with Crippen molar-refractivity contribution < 1.29 is 57.8 Å². The Kier molecular flexibility index (Phi) is 30.2. The number of aliphatic hydroxyl groups excluding tert-OH is 1. The van der Waals surface area contributed by atoms with E-state index in [0.29, 0.717) is 51.6 Å². The first-order chi connectivity index (χ1) is 35.7. The van der Waals surface area contributed by atoms with E-state index in [4.69, 9.17) is 40.1 Å². The molecule has 422 valence electrons. The molecule has 26 nitrogen and oxygen atoms in total. The standard InChI is InChI=1S/C48H82FN15O11/c1-28(59-45(72)40(38(66)26-53)63-42(69)32(54)14-4-6-20-50)41(68)58-27-39(67)60-34(16-8-22-52)46(73)64-24-10-17-36(64)44(71)62-35(25-30-11-2-3-13-31(30)49)43(70)61-33(15-5-7-21-51)37(65)19-18-29(47(74)75)12-9-23-57-48(55)56/h2-3,11,13,28-29,32-36,38,40,66H,4-10,12,14-27,50-54H2,1H3,(H,58,68)(H,59,72)(H,60,67)(H,61,70)(H,62,71)(H,63,69)(H,74,75)(H4,55,56,57)/t28-,29?,32-,33-,34+,35?,36-,38-,40-/m0/s1. The number of nitrogens with zero attached hydrogens (tertiary/aromatic N) is 2. The first kappa shape index (κ1) is 64.7. The number of nitrogens with one attached hydrogen (secondary N) is 6. The largest absolute Gasteiger partial charge is 0.481 e. The van der Waals surface area contributed by atoms with Crippen LogP contribution in [0.4, 0.5) is 4.39 Å². The van der Waals surface area contributed by atoms with Gasteiger partial charge in [0.15, 0.2) is 11.7 Å². The number of hydrogen-bond donors (Lipinski definition) is 15. The summed E-state index contributed by atoms with van der Waals surface area (Å²) in [6.07, 6.45) is 1.66. The SMILES string of the molecule is C[C@H](NC(=O)[C@@H](NC(=O)[C@@H](N)CCCCN)[C@@H](O)CN)C(=O)NCC(=O)N[C@H](CCCN)C(=O)N1CCC[C@H]1C(=O)NC(Cc1ccccc1F)C(=O)N[C@@H](CCCCN)C(=O)CCC(CCCN=C(N)N)C(=O)O. The van der Waals surface area contributed by atoms with Crippen LogP contribution in [0.15, 0.2) is 29.3 Å². The quantitative estimate of drug-likeness (QED) is 0.0170. The first-order valence-corrected chi connectivity index (χ1v) is 25.6. The highest BCUT2D eigenvalue weighted by Crippen LogP contribution is 2.21. The third kappa shape index (κ3) is 23.4. The summed E-state index contributed by atoms with van der Waals surface area (Å²) in [5, 5.41) is 35.3. The van der Waals surface area contributed by atoms with Gasteiger partial charge in [0.2, 0.25) is 41.4 Å². The Morgan fingerprint density at radius 1 is 0.747 bits per heavy atom. The molecule has 1 aliphatic rings. The average Bonchev–Trinajstić information content (AvgIpc) is 3.88. The van der Waals surface area contributed by atoms with Crippen LogP contribution in [-0.2, 0) is 49.6 Å². The molecular formula is C48H82FN15O11. The van der Waals surface area contributed by atoms with Crippen molar-refractivity contribution in [2.45, 2.75) is 152 Å². The molecule has 7 amide bonds. The predicted molar refractivity (Wildman–Crippen MR) is 276 cm³/mol. The molecule has 0 aliphatic carbocycles. The molecular weight excluding hydrogens is 982 g/mol. The van der Waals surface area contributed by atoms with Gasteiger partial charge in [0.25, 0.3) is 0 Å². The number of aliphatic hydroxyl groups is 1. The first-order valence-electron chi connectivity index (χ1n) is 25.6. The molecule has 1 aliphatic heterocycles. The van der Waals surface area contributed by atoms with Gasteiger partial charge in [0.1, 0.15) is 36.0 Å². The van der Waals surface area contributed by atoms with E-state index in [1.54, 1.807) is 6.07 Å². The number of unbranched alkanes of at least 4 members (excludes halogenated alkanes) is 2. The van der Waals surface area contributed by atoms with Gasteiger partial charge in [-0.05, 0) is 115 Å². The Balaban J connectivity index is 2.23. The molecule has 0 radical (unpaired) electrons. The fourth-order valence-corrected chi connectivity index (χ4v) is 8.26. The van der Waals surface area contributed by atoms with Crippen molar-refractivity contribution >= 4 is 59.1 Å². The van der Waals surface area contributed by atoms with Gasteiger partial charge in [0.05, 0.1) is 30.7 Å². The fraction of sp³-hybridized carbons (Fsp3) is 0.667. The van der Waals surface area contributed by atoms with Crippen LogP contribution in [0, 0.1) is 11.7 Å². The lowest BCUT2D eigenvalue weighted by molar-refractivity contribution is -0.143. The number of carbonyl (C=O) groups is 9. The van der Waals surface area contributed by atoms with Crippen molar-refractivity contribution in [1.82, 2.24) is 36.8 Å². The third-order valence-electron chi connectivity index (χ3n) is 12.6. The second-order valence-electron chi connectivity index (χ2n) is 18.6. The minimum Gasteiger partial charge on any atom is -0.481 e. The van der Waals surface area contributed by atoms with Gasteiger partial charge >= 0.3 is 5.97 Å². The molecule has 0 saturated carbocycles. The molecule has 1 fully saturated rings. The van der Waals surface area contributed by atoms with E-state index in [9.17, 15) is 53.4 Å². The molecule has 22 N–H and O–H groups in total. The Labute approximate surface area is 436 Å². The topological polar surface area (TPSA) is 464 Å². The van der Waals surface area contributed by atoms with Gasteiger partial charge in [-0.3, -0.25) is 48.1 Å². The number of aliphatic imine (C=N–C) groups is 1. The van der Waals surface area contributed by atoms with Crippen molar-refractivity contribution in [2.75, 3.05) is 45.8 Å². The van der Waals surface area contributed by atoms with Gasteiger partial charge in [-0.25, -0.2) is 4.39 Å². The zero-order chi connectivity index (χ0) is 56.0. The van der Waals surface area contributed by atoms with E-state index in [1.165, 1.54) is 30.0 Å². The molecule has 1 saturated heterocycles. The van der Waals surface area contributed by atoms with Gasteiger partial charge in [-0.2, -0.15) is 0 Å². The van der Waals surface area contributed by atoms with Crippen LogP contribution in [0.25, 0.3) is 0 Å². The maximum atomic E-state index is 15.1. The summed E-state index contributed by atoms with van der Waals surface area (Å²) in [5.41, 5.74) is 39.2. The maximum Gasteiger partial charge on any atom is 0.306 e. The molecule has 0 spiro atoms. The molecule has 75 heavy (non-hydrogen) atoms. The minimum atomic E-state index is -1.57. The lowest BCUT2D eigenvalue weighted by Crippen LogP contribution is -2.60. The van der Waals surface area contributed by atoms with E-state index in [2.05, 4.69) is 36.9 Å². The highest BCUT2D eigenvalue weighted by molar-refractivity contribution is 5.97. The maximum absolute atomic E-state index is 15.1. The van der Waals surface area contributed by atoms with E-state index in [-0.39, 0.29) is 88.9 Å². The number of Topliss-reactive ketones (excluding diaryl/α,β-unsaturated/α-hetero) is 1. The monoisotopic (exact) mass is 1060 g/mol. The molecule has 0 aromatic heterocycles. The number of aliphatic carboxylic acids is 1. The Morgan fingerprint density at radius 2 is 1.40 bits per heavy atom. The van der Waals surface area contributed by atoms with Crippen molar-refractivity contribution in [1.29, 1.82) is 0 Å². The van der Waals surface area contributed by atoms with Crippen LogP contribution >= 0.6 is 0 Å². The van der Waals surface area contributed by atoms with Crippen LogP contribution in [0.5, 0.6) is 0 Å². The molecule has 9 atom stereocenters. The number of carboxylic acid groups (broad SMARTS) is 1. The number of rotatable bonds is 37. The van der Waals surface area contributed by atoms with E-state index >= 15 is 4.39 Å². The van der Waals surface area contributed by atoms with E-state index in [0.717, 1.165) is 0 Å². The second-order valence-corrected chi connectivity index (χ2v) is 18.6. The molecule has 2 unspecified atom stereocenters.